The molecule has 0 aliphatic heterocycles. The second-order valence-corrected chi connectivity index (χ2v) is 7.82. The standard InChI is InChI=1S/C25H23N5O2/c1-15(2)17-8-10-18(11-9-17)25(31)29-24-19(13-26)14-27-30(24)22-12-16(3)20-6-5-7-21(32-4)23(20)28-22/h5-12,14-15H,1-4H3,(H,29,31). The van der Waals surface area contributed by atoms with Gasteiger partial charge >= 0.3 is 0 Å². The van der Waals surface area contributed by atoms with E-state index in [1.165, 1.54) is 10.9 Å². The summed E-state index contributed by atoms with van der Waals surface area (Å²) in [6.45, 7) is 6.16. The highest BCUT2D eigenvalue weighted by atomic mass is 16.5. The molecule has 2 aromatic heterocycles. The van der Waals surface area contributed by atoms with Crippen LogP contribution in [0.25, 0.3) is 16.7 Å². The molecule has 160 valence electrons. The molecule has 4 rings (SSSR count). The Labute approximate surface area is 186 Å². The molecule has 7 heteroatoms. The summed E-state index contributed by atoms with van der Waals surface area (Å²) >= 11 is 0. The Kier molecular flexibility index (Phi) is 5.61. The minimum atomic E-state index is -0.325. The van der Waals surface area contributed by atoms with Gasteiger partial charge in [-0.15, -0.1) is 0 Å². The molecule has 0 atom stereocenters. The van der Waals surface area contributed by atoms with Crippen LogP contribution >= 0.6 is 0 Å². The molecule has 0 aliphatic rings. The maximum Gasteiger partial charge on any atom is 0.256 e. The second kappa shape index (κ2) is 8.52. The van der Waals surface area contributed by atoms with Gasteiger partial charge in [0, 0.05) is 10.9 Å². The smallest absolute Gasteiger partial charge is 0.256 e. The molecule has 0 spiro atoms. The number of hydrogen-bond acceptors (Lipinski definition) is 5. The van der Waals surface area contributed by atoms with E-state index in [-0.39, 0.29) is 17.3 Å². The molecular formula is C25H23N5O2. The third-order valence-electron chi connectivity index (χ3n) is 5.39. The van der Waals surface area contributed by atoms with Crippen LogP contribution in [0.5, 0.6) is 5.75 Å². The lowest BCUT2D eigenvalue weighted by molar-refractivity contribution is 0.102. The van der Waals surface area contributed by atoms with Crippen molar-refractivity contribution in [1.82, 2.24) is 14.8 Å². The Bertz CT molecular complexity index is 1350. The van der Waals surface area contributed by atoms with Gasteiger partial charge < -0.3 is 10.1 Å². The molecule has 0 unspecified atom stereocenters. The quantitative estimate of drug-likeness (QED) is 0.486. The number of pyridine rings is 1. The van der Waals surface area contributed by atoms with Crippen LogP contribution in [-0.4, -0.2) is 27.8 Å². The number of aryl methyl sites for hydroxylation is 1. The van der Waals surface area contributed by atoms with Crippen molar-refractivity contribution < 1.29 is 9.53 Å². The minimum absolute atomic E-state index is 0.247. The Morgan fingerprint density at radius 3 is 2.59 bits per heavy atom. The normalized spacial score (nSPS) is 10.9. The minimum Gasteiger partial charge on any atom is -0.494 e. The lowest BCUT2D eigenvalue weighted by atomic mass is 10.0. The number of nitrogens with zero attached hydrogens (tertiary/aromatic N) is 4. The third kappa shape index (κ3) is 3.79. The molecule has 2 heterocycles. The van der Waals surface area contributed by atoms with Gasteiger partial charge in [0.25, 0.3) is 5.91 Å². The first-order valence-electron chi connectivity index (χ1n) is 10.3. The fourth-order valence-corrected chi connectivity index (χ4v) is 3.57. The van der Waals surface area contributed by atoms with Crippen molar-refractivity contribution in [3.05, 3.63) is 77.0 Å². The topological polar surface area (TPSA) is 92.8 Å². The Morgan fingerprint density at radius 2 is 1.94 bits per heavy atom. The van der Waals surface area contributed by atoms with Gasteiger partial charge in [0.15, 0.2) is 11.6 Å². The third-order valence-corrected chi connectivity index (χ3v) is 5.39. The molecule has 0 aliphatic carbocycles. The number of carbonyl (C=O) groups excluding carboxylic acids is 1. The van der Waals surface area contributed by atoms with Gasteiger partial charge in [-0.25, -0.2) is 4.98 Å². The number of ether oxygens (including phenoxy) is 1. The van der Waals surface area contributed by atoms with Crippen molar-refractivity contribution in [2.24, 2.45) is 0 Å². The van der Waals surface area contributed by atoms with Crippen LogP contribution < -0.4 is 10.1 Å². The van der Waals surface area contributed by atoms with Crippen LogP contribution in [0.4, 0.5) is 5.82 Å². The summed E-state index contributed by atoms with van der Waals surface area (Å²) in [5.74, 6) is 1.43. The van der Waals surface area contributed by atoms with Gasteiger partial charge in [0.2, 0.25) is 0 Å². The number of rotatable bonds is 5. The molecule has 1 N–H and O–H groups in total. The highest BCUT2D eigenvalue weighted by Gasteiger charge is 2.18. The maximum absolute atomic E-state index is 12.9. The lowest BCUT2D eigenvalue weighted by Crippen LogP contribution is -2.16. The van der Waals surface area contributed by atoms with E-state index < -0.39 is 0 Å². The number of methoxy groups -OCH3 is 1. The number of nitriles is 1. The van der Waals surface area contributed by atoms with Crippen LogP contribution in [0.1, 0.15) is 46.8 Å². The van der Waals surface area contributed by atoms with Crippen LogP contribution in [0.2, 0.25) is 0 Å². The van der Waals surface area contributed by atoms with E-state index in [0.29, 0.717) is 28.6 Å². The van der Waals surface area contributed by atoms with Crippen molar-refractivity contribution in [3.8, 4) is 17.6 Å². The molecule has 0 radical (unpaired) electrons. The van der Waals surface area contributed by atoms with Gasteiger partial charge in [-0.05, 0) is 48.2 Å². The number of benzene rings is 2. The molecule has 0 saturated carbocycles. The predicted molar refractivity (Wildman–Crippen MR) is 123 cm³/mol. The summed E-state index contributed by atoms with van der Waals surface area (Å²) in [6, 6.07) is 17.1. The molecule has 0 bridgehead atoms. The SMILES string of the molecule is COc1cccc2c(C)cc(-n3ncc(C#N)c3NC(=O)c3ccc(C(C)C)cc3)nc12. The fraction of sp³-hybridized carbons (Fsp3) is 0.200. The zero-order chi connectivity index (χ0) is 22.8. The number of para-hydroxylation sites is 1. The zero-order valence-corrected chi connectivity index (χ0v) is 18.4. The Hall–Kier alpha value is -4.18. The van der Waals surface area contributed by atoms with Gasteiger partial charge in [-0.1, -0.05) is 38.1 Å². The van der Waals surface area contributed by atoms with Gasteiger partial charge in [0.1, 0.15) is 22.9 Å². The summed E-state index contributed by atoms with van der Waals surface area (Å²) in [5.41, 5.74) is 3.54. The summed E-state index contributed by atoms with van der Waals surface area (Å²) in [6.07, 6.45) is 1.42. The van der Waals surface area contributed by atoms with E-state index >= 15 is 0 Å². The van der Waals surface area contributed by atoms with Crippen LogP contribution in [0, 0.1) is 18.3 Å². The Balaban J connectivity index is 1.76. The first kappa shape index (κ1) is 21.1. The highest BCUT2D eigenvalue weighted by Crippen LogP contribution is 2.29. The highest BCUT2D eigenvalue weighted by molar-refractivity contribution is 6.04. The van der Waals surface area contributed by atoms with E-state index in [2.05, 4.69) is 30.3 Å². The summed E-state index contributed by atoms with van der Waals surface area (Å²) in [7, 11) is 1.59. The first-order valence-corrected chi connectivity index (χ1v) is 10.3. The molecule has 0 saturated heterocycles. The zero-order valence-electron chi connectivity index (χ0n) is 18.4. The van der Waals surface area contributed by atoms with Crippen molar-refractivity contribution in [3.63, 3.8) is 0 Å². The van der Waals surface area contributed by atoms with Crippen molar-refractivity contribution in [1.29, 1.82) is 5.26 Å². The lowest BCUT2D eigenvalue weighted by Gasteiger charge is -2.13. The summed E-state index contributed by atoms with van der Waals surface area (Å²) < 4.78 is 6.93. The first-order chi connectivity index (χ1) is 15.4. The average Bonchev–Trinajstić information content (AvgIpc) is 3.21. The molecule has 0 fully saturated rings. The summed E-state index contributed by atoms with van der Waals surface area (Å²) in [4.78, 5) is 17.6. The molecule has 7 nitrogen and oxygen atoms in total. The fourth-order valence-electron chi connectivity index (χ4n) is 3.57. The van der Waals surface area contributed by atoms with E-state index in [9.17, 15) is 10.1 Å². The van der Waals surface area contributed by atoms with Gasteiger partial charge in [0.05, 0.1) is 13.3 Å². The molecule has 4 aromatic rings. The average molecular weight is 425 g/mol. The molecule has 2 aromatic carbocycles. The molecular weight excluding hydrogens is 402 g/mol. The number of aromatic nitrogens is 3. The van der Waals surface area contributed by atoms with E-state index in [1.807, 2.05) is 43.3 Å². The number of hydrogen-bond donors (Lipinski definition) is 1. The largest absolute Gasteiger partial charge is 0.494 e. The van der Waals surface area contributed by atoms with E-state index in [0.717, 1.165) is 16.5 Å². The molecule has 32 heavy (non-hydrogen) atoms. The van der Waals surface area contributed by atoms with Crippen molar-refractivity contribution >= 4 is 22.6 Å². The second-order valence-electron chi connectivity index (χ2n) is 7.82. The van der Waals surface area contributed by atoms with Crippen molar-refractivity contribution in [2.75, 3.05) is 12.4 Å². The number of carbonyl (C=O) groups is 1. The maximum atomic E-state index is 12.9. The van der Waals surface area contributed by atoms with Crippen LogP contribution in [0.15, 0.2) is 54.7 Å². The van der Waals surface area contributed by atoms with Crippen LogP contribution in [-0.2, 0) is 0 Å². The number of amides is 1. The van der Waals surface area contributed by atoms with E-state index in [4.69, 9.17) is 9.72 Å². The van der Waals surface area contributed by atoms with Gasteiger partial charge in [-0.2, -0.15) is 15.0 Å². The predicted octanol–water partition coefficient (Wildman–Crippen LogP) is 4.98. The number of fused-ring (bicyclic) bond motifs is 1. The molecule has 1 amide bonds. The Morgan fingerprint density at radius 1 is 1.19 bits per heavy atom. The monoisotopic (exact) mass is 425 g/mol. The van der Waals surface area contributed by atoms with Crippen LogP contribution in [0.3, 0.4) is 0 Å². The number of nitrogens with one attached hydrogen (secondary N) is 1. The van der Waals surface area contributed by atoms with Gasteiger partial charge in [-0.3, -0.25) is 4.79 Å². The van der Waals surface area contributed by atoms with Crippen molar-refractivity contribution in [2.45, 2.75) is 26.7 Å². The summed E-state index contributed by atoms with van der Waals surface area (Å²) in [5, 5.41) is 17.7. The van der Waals surface area contributed by atoms with E-state index in [1.54, 1.807) is 19.2 Å². The number of anilines is 1.